The van der Waals surface area contributed by atoms with Crippen LogP contribution in [0.4, 0.5) is 0 Å². The molecule has 0 aliphatic carbocycles. The Morgan fingerprint density at radius 3 is 2.29 bits per heavy atom. The molecule has 0 saturated carbocycles. The van der Waals surface area contributed by atoms with Gasteiger partial charge in [-0.15, -0.1) is 34.5 Å². The fourth-order valence-corrected chi connectivity index (χ4v) is 2.46. The van der Waals surface area contributed by atoms with E-state index in [0.717, 1.165) is 0 Å². The van der Waals surface area contributed by atoms with Gasteiger partial charge in [0.25, 0.3) is 0 Å². The first-order valence-electron chi connectivity index (χ1n) is 6.23. The summed E-state index contributed by atoms with van der Waals surface area (Å²) in [5.74, 6) is 0. The summed E-state index contributed by atoms with van der Waals surface area (Å²) in [5, 5.41) is 2.64. The van der Waals surface area contributed by atoms with Crippen LogP contribution in [-0.2, 0) is 32.7 Å². The van der Waals surface area contributed by atoms with Gasteiger partial charge in [-0.25, -0.2) is 0 Å². The van der Waals surface area contributed by atoms with Gasteiger partial charge in [-0.05, 0) is 11.1 Å². The molecule has 0 aromatic heterocycles. The number of halogens is 2. The molecule has 0 aliphatic rings. The van der Waals surface area contributed by atoms with Crippen LogP contribution in [0.15, 0.2) is 54.6 Å². The smallest absolute Gasteiger partial charge is 1.00 e. The Kier molecular flexibility index (Phi) is 8.58. The van der Waals surface area contributed by atoms with Crippen molar-refractivity contribution in [2.24, 2.45) is 5.73 Å². The van der Waals surface area contributed by atoms with Crippen molar-refractivity contribution in [2.45, 2.75) is 13.5 Å². The SMILES string of the molecule is Cc1cc2c(-c3ccc(CN)cc3)cccc2[cH-]1.[Cl-].[Cl-].[Zr+3]. The molecule has 3 aromatic carbocycles. The average molecular weight is 396 g/mol. The normalized spacial score (nSPS) is 9.43. The van der Waals surface area contributed by atoms with Gasteiger partial charge in [-0.2, -0.15) is 6.07 Å². The molecule has 0 atom stereocenters. The summed E-state index contributed by atoms with van der Waals surface area (Å²) in [6.45, 7) is 2.74. The molecule has 0 aliphatic heterocycles. The third kappa shape index (κ3) is 4.23. The summed E-state index contributed by atoms with van der Waals surface area (Å²) in [6.07, 6.45) is 0. The quantitative estimate of drug-likeness (QED) is 0.499. The van der Waals surface area contributed by atoms with Crippen molar-refractivity contribution in [3.63, 3.8) is 0 Å². The maximum atomic E-state index is 5.63. The monoisotopic (exact) mass is 394 g/mol. The van der Waals surface area contributed by atoms with Crippen molar-refractivity contribution in [3.05, 3.63) is 65.7 Å². The minimum absolute atomic E-state index is 0. The zero-order valence-electron chi connectivity index (χ0n) is 11.7. The second-order valence-corrected chi connectivity index (χ2v) is 4.74. The fourth-order valence-electron chi connectivity index (χ4n) is 2.46. The summed E-state index contributed by atoms with van der Waals surface area (Å²) in [6, 6.07) is 19.5. The maximum Gasteiger partial charge on any atom is 3.00 e. The second kappa shape index (κ2) is 8.80. The van der Waals surface area contributed by atoms with Crippen molar-refractivity contribution < 1.29 is 51.0 Å². The largest absolute Gasteiger partial charge is 3.00 e. The summed E-state index contributed by atoms with van der Waals surface area (Å²) >= 11 is 0. The van der Waals surface area contributed by atoms with E-state index in [1.54, 1.807) is 0 Å². The minimum Gasteiger partial charge on any atom is -1.00 e. The molecule has 0 bridgehead atoms. The number of hydrogen-bond acceptors (Lipinski definition) is 1. The van der Waals surface area contributed by atoms with Crippen LogP contribution in [0.5, 0.6) is 0 Å². The molecule has 0 unspecified atom stereocenters. The molecule has 0 spiro atoms. The van der Waals surface area contributed by atoms with E-state index in [2.05, 4.69) is 61.5 Å². The minimum atomic E-state index is 0. The van der Waals surface area contributed by atoms with Gasteiger partial charge < -0.3 is 30.5 Å². The van der Waals surface area contributed by atoms with Gasteiger partial charge in [0.15, 0.2) is 0 Å². The van der Waals surface area contributed by atoms with Gasteiger partial charge in [-0.1, -0.05) is 42.8 Å². The molecular formula is C17H16Cl2NZr. The predicted octanol–water partition coefficient (Wildman–Crippen LogP) is -2.00. The molecule has 3 aromatic rings. The van der Waals surface area contributed by atoms with Gasteiger partial charge in [0.1, 0.15) is 0 Å². The van der Waals surface area contributed by atoms with E-state index in [1.807, 2.05) is 0 Å². The molecule has 107 valence electrons. The van der Waals surface area contributed by atoms with Crippen LogP contribution in [-0.4, -0.2) is 0 Å². The first kappa shape index (κ1) is 20.5. The molecule has 3 rings (SSSR count). The van der Waals surface area contributed by atoms with Crippen molar-refractivity contribution in [2.75, 3.05) is 0 Å². The van der Waals surface area contributed by atoms with Crippen LogP contribution in [0.3, 0.4) is 0 Å². The van der Waals surface area contributed by atoms with Gasteiger partial charge in [0.05, 0.1) is 0 Å². The number of benzene rings is 2. The zero-order valence-corrected chi connectivity index (χ0v) is 15.7. The molecule has 1 radical (unpaired) electrons. The number of rotatable bonds is 2. The third-order valence-corrected chi connectivity index (χ3v) is 3.40. The van der Waals surface area contributed by atoms with E-state index in [4.69, 9.17) is 5.73 Å². The van der Waals surface area contributed by atoms with Crippen molar-refractivity contribution >= 4 is 10.8 Å². The van der Waals surface area contributed by atoms with Crippen molar-refractivity contribution in [3.8, 4) is 11.1 Å². The Labute approximate surface area is 157 Å². The van der Waals surface area contributed by atoms with Crippen LogP contribution in [0.2, 0.25) is 0 Å². The van der Waals surface area contributed by atoms with E-state index in [-0.39, 0.29) is 51.0 Å². The molecular weight excluding hydrogens is 380 g/mol. The Hall–Kier alpha value is -0.527. The van der Waals surface area contributed by atoms with Gasteiger partial charge in [0, 0.05) is 6.54 Å². The summed E-state index contributed by atoms with van der Waals surface area (Å²) < 4.78 is 0. The first-order valence-corrected chi connectivity index (χ1v) is 6.23. The van der Waals surface area contributed by atoms with Crippen molar-refractivity contribution in [1.82, 2.24) is 0 Å². The van der Waals surface area contributed by atoms with Crippen molar-refractivity contribution in [1.29, 1.82) is 0 Å². The van der Waals surface area contributed by atoms with Crippen LogP contribution < -0.4 is 30.5 Å². The summed E-state index contributed by atoms with van der Waals surface area (Å²) in [7, 11) is 0. The van der Waals surface area contributed by atoms with E-state index in [9.17, 15) is 0 Å². The molecule has 21 heavy (non-hydrogen) atoms. The topological polar surface area (TPSA) is 26.0 Å². The van der Waals surface area contributed by atoms with Crippen LogP contribution in [0.1, 0.15) is 11.1 Å². The molecule has 0 heterocycles. The van der Waals surface area contributed by atoms with E-state index < -0.39 is 0 Å². The van der Waals surface area contributed by atoms with Gasteiger partial charge in [-0.3, -0.25) is 0 Å². The number of hydrogen-bond donors (Lipinski definition) is 1. The Bertz CT molecular complexity index is 690. The zero-order chi connectivity index (χ0) is 12.5. The Morgan fingerprint density at radius 1 is 1.00 bits per heavy atom. The van der Waals surface area contributed by atoms with E-state index in [0.29, 0.717) is 6.54 Å². The predicted molar refractivity (Wildman–Crippen MR) is 77.6 cm³/mol. The molecule has 1 nitrogen and oxygen atoms in total. The average Bonchev–Trinajstić information content (AvgIpc) is 2.79. The molecule has 0 saturated heterocycles. The number of fused-ring (bicyclic) bond motifs is 1. The Balaban J connectivity index is 0.00000133. The summed E-state index contributed by atoms with van der Waals surface area (Å²) in [4.78, 5) is 0. The van der Waals surface area contributed by atoms with Gasteiger partial charge >= 0.3 is 26.2 Å². The molecule has 0 amide bonds. The molecule has 2 N–H and O–H groups in total. The second-order valence-electron chi connectivity index (χ2n) is 4.74. The first-order chi connectivity index (χ1) is 8.78. The van der Waals surface area contributed by atoms with E-state index >= 15 is 0 Å². The summed E-state index contributed by atoms with van der Waals surface area (Å²) in [5.41, 5.74) is 10.7. The number of nitrogens with two attached hydrogens (primary N) is 1. The van der Waals surface area contributed by atoms with Crippen LogP contribution >= 0.6 is 0 Å². The van der Waals surface area contributed by atoms with Crippen LogP contribution in [0, 0.1) is 6.92 Å². The molecule has 4 heteroatoms. The standard InChI is InChI=1S/C17H16N.2ClH.Zr/c1-12-9-15-3-2-4-16(17(15)10-12)14-7-5-13(11-18)6-8-14;;;/h2-10H,11,18H2,1H3;2*1H;/q-1;;;+3/p-2. The number of aryl methyl sites for hydroxylation is 1. The van der Waals surface area contributed by atoms with Gasteiger partial charge in [0.2, 0.25) is 0 Å². The third-order valence-electron chi connectivity index (χ3n) is 3.40. The maximum absolute atomic E-state index is 5.63. The fraction of sp³-hybridized carbons (Fsp3) is 0.118. The Morgan fingerprint density at radius 2 is 1.67 bits per heavy atom. The molecule has 0 fully saturated rings. The van der Waals surface area contributed by atoms with E-state index in [1.165, 1.54) is 33.0 Å². The van der Waals surface area contributed by atoms with Crippen LogP contribution in [0.25, 0.3) is 21.9 Å².